The summed E-state index contributed by atoms with van der Waals surface area (Å²) in [6, 6.07) is 1.59. The third-order valence-corrected chi connectivity index (χ3v) is 6.88. The summed E-state index contributed by atoms with van der Waals surface area (Å²) in [6.45, 7) is 1.26. The minimum absolute atomic E-state index is 0.285. The van der Waals surface area contributed by atoms with Crippen molar-refractivity contribution in [1.82, 2.24) is 9.21 Å². The van der Waals surface area contributed by atoms with Gasteiger partial charge in [-0.3, -0.25) is 0 Å². The van der Waals surface area contributed by atoms with E-state index in [1.165, 1.54) is 27.7 Å². The maximum atomic E-state index is 12.3. The number of amides is 1. The number of halogens is 1. The van der Waals surface area contributed by atoms with Gasteiger partial charge in [-0.05, 0) is 22.0 Å². The lowest BCUT2D eigenvalue weighted by Gasteiger charge is -2.32. The van der Waals surface area contributed by atoms with Crippen LogP contribution in [-0.4, -0.2) is 57.0 Å². The molecular weight excluding hydrogens is 356 g/mol. The van der Waals surface area contributed by atoms with E-state index in [1.807, 2.05) is 0 Å². The van der Waals surface area contributed by atoms with Crippen molar-refractivity contribution < 1.29 is 17.9 Å². The van der Waals surface area contributed by atoms with Crippen LogP contribution in [0.3, 0.4) is 0 Å². The SMILES string of the molecule is COC(=O)N1CCN(S(=O)(=O)c2cc(Br)cs2)CC1. The molecule has 0 atom stereocenters. The number of hydrogen-bond donors (Lipinski definition) is 0. The molecule has 0 radical (unpaired) electrons. The Morgan fingerprint density at radius 1 is 1.37 bits per heavy atom. The fourth-order valence-corrected chi connectivity index (χ4v) is 5.22. The first-order valence-electron chi connectivity index (χ1n) is 5.52. The smallest absolute Gasteiger partial charge is 0.409 e. The number of ether oxygens (including phenoxy) is 1. The van der Waals surface area contributed by atoms with Crippen LogP contribution in [0.4, 0.5) is 4.79 Å². The predicted molar refractivity (Wildman–Crippen MR) is 74.8 cm³/mol. The molecule has 2 heterocycles. The summed E-state index contributed by atoms with van der Waals surface area (Å²) in [5.41, 5.74) is 0. The summed E-state index contributed by atoms with van der Waals surface area (Å²) in [7, 11) is -2.14. The van der Waals surface area contributed by atoms with E-state index in [9.17, 15) is 13.2 Å². The molecule has 1 aliphatic rings. The Labute approximate surface area is 124 Å². The highest BCUT2D eigenvalue weighted by Gasteiger charge is 2.31. The van der Waals surface area contributed by atoms with Crippen LogP contribution in [0.5, 0.6) is 0 Å². The van der Waals surface area contributed by atoms with E-state index in [-0.39, 0.29) is 13.1 Å². The second-order valence-corrected chi connectivity index (χ2v) is 7.94. The standard InChI is InChI=1S/C10H13BrN2O4S2/c1-17-10(14)12-2-4-13(5-3-12)19(15,16)9-6-8(11)7-18-9/h6-7H,2-5H2,1H3. The molecule has 1 saturated heterocycles. The average Bonchev–Trinajstić information content (AvgIpc) is 2.85. The van der Waals surface area contributed by atoms with Crippen LogP contribution in [0.25, 0.3) is 0 Å². The molecular formula is C10H13BrN2O4S2. The monoisotopic (exact) mass is 368 g/mol. The fraction of sp³-hybridized carbons (Fsp3) is 0.500. The predicted octanol–water partition coefficient (Wildman–Crippen LogP) is 1.58. The van der Waals surface area contributed by atoms with Crippen molar-refractivity contribution in [2.75, 3.05) is 33.3 Å². The van der Waals surface area contributed by atoms with E-state index in [0.717, 1.165) is 4.47 Å². The molecule has 2 rings (SSSR count). The summed E-state index contributed by atoms with van der Waals surface area (Å²) in [6.07, 6.45) is -0.420. The molecule has 0 aliphatic carbocycles. The van der Waals surface area contributed by atoms with Crippen molar-refractivity contribution in [3.05, 3.63) is 15.9 Å². The molecule has 0 bridgehead atoms. The zero-order chi connectivity index (χ0) is 14.0. The Kier molecular flexibility index (Phi) is 4.49. The van der Waals surface area contributed by atoms with Crippen molar-refractivity contribution in [1.29, 1.82) is 0 Å². The van der Waals surface area contributed by atoms with Crippen LogP contribution in [0.2, 0.25) is 0 Å². The van der Waals surface area contributed by atoms with Crippen LogP contribution in [0.1, 0.15) is 0 Å². The van der Waals surface area contributed by atoms with Gasteiger partial charge in [0, 0.05) is 36.0 Å². The fourth-order valence-electron chi connectivity index (χ4n) is 1.80. The summed E-state index contributed by atoms with van der Waals surface area (Å²) in [5.74, 6) is 0. The maximum absolute atomic E-state index is 12.3. The summed E-state index contributed by atoms with van der Waals surface area (Å²) in [5, 5.41) is 1.73. The first-order chi connectivity index (χ1) is 8.95. The summed E-state index contributed by atoms with van der Waals surface area (Å²) in [4.78, 5) is 12.8. The number of sulfonamides is 1. The van der Waals surface area contributed by atoms with Gasteiger partial charge in [0.05, 0.1) is 7.11 Å². The number of rotatable bonds is 2. The number of methoxy groups -OCH3 is 1. The lowest BCUT2D eigenvalue weighted by atomic mass is 10.4. The molecule has 9 heteroatoms. The Bertz CT molecular complexity index is 564. The lowest BCUT2D eigenvalue weighted by molar-refractivity contribution is 0.108. The number of hydrogen-bond acceptors (Lipinski definition) is 5. The Morgan fingerprint density at radius 3 is 2.47 bits per heavy atom. The van der Waals surface area contributed by atoms with Crippen molar-refractivity contribution in [3.63, 3.8) is 0 Å². The molecule has 0 saturated carbocycles. The number of nitrogens with zero attached hydrogens (tertiary/aromatic N) is 2. The Balaban J connectivity index is 2.07. The van der Waals surface area contributed by atoms with Gasteiger partial charge in [-0.25, -0.2) is 13.2 Å². The molecule has 1 amide bonds. The Morgan fingerprint density at radius 2 is 2.00 bits per heavy atom. The molecule has 0 spiro atoms. The summed E-state index contributed by atoms with van der Waals surface area (Å²) >= 11 is 4.42. The Hall–Kier alpha value is -0.640. The molecule has 6 nitrogen and oxygen atoms in total. The molecule has 1 aliphatic heterocycles. The second-order valence-electron chi connectivity index (χ2n) is 3.95. The molecule has 1 aromatic heterocycles. The van der Waals surface area contributed by atoms with Crippen LogP contribution in [0.15, 0.2) is 20.1 Å². The number of carbonyl (C=O) groups excluding carboxylic acids is 1. The third kappa shape index (κ3) is 3.10. The lowest BCUT2D eigenvalue weighted by Crippen LogP contribution is -2.50. The largest absolute Gasteiger partial charge is 0.453 e. The quantitative estimate of drug-likeness (QED) is 0.794. The van der Waals surface area contributed by atoms with Gasteiger partial charge in [0.25, 0.3) is 10.0 Å². The molecule has 0 unspecified atom stereocenters. The number of piperazine rings is 1. The molecule has 106 valence electrons. The van der Waals surface area contributed by atoms with Gasteiger partial charge in [-0.2, -0.15) is 4.31 Å². The zero-order valence-corrected chi connectivity index (χ0v) is 13.4. The van der Waals surface area contributed by atoms with Gasteiger partial charge in [-0.1, -0.05) is 0 Å². The van der Waals surface area contributed by atoms with Crippen LogP contribution in [-0.2, 0) is 14.8 Å². The minimum Gasteiger partial charge on any atom is -0.453 e. The third-order valence-electron chi connectivity index (χ3n) is 2.81. The minimum atomic E-state index is -3.45. The van der Waals surface area contributed by atoms with Crippen molar-refractivity contribution in [2.24, 2.45) is 0 Å². The highest BCUT2D eigenvalue weighted by atomic mass is 79.9. The van der Waals surface area contributed by atoms with E-state index in [4.69, 9.17) is 0 Å². The van der Waals surface area contributed by atoms with Gasteiger partial charge < -0.3 is 9.64 Å². The van der Waals surface area contributed by atoms with E-state index >= 15 is 0 Å². The van der Waals surface area contributed by atoms with E-state index in [1.54, 1.807) is 11.4 Å². The van der Waals surface area contributed by atoms with Crippen molar-refractivity contribution in [3.8, 4) is 0 Å². The van der Waals surface area contributed by atoms with Crippen molar-refractivity contribution >= 4 is 43.4 Å². The second kappa shape index (κ2) is 5.78. The molecule has 0 aromatic carbocycles. The van der Waals surface area contributed by atoms with Crippen LogP contribution >= 0.6 is 27.3 Å². The highest BCUT2D eigenvalue weighted by Crippen LogP contribution is 2.27. The molecule has 1 fully saturated rings. The van der Waals surface area contributed by atoms with Crippen LogP contribution in [0, 0.1) is 0 Å². The van der Waals surface area contributed by atoms with Gasteiger partial charge in [0.15, 0.2) is 0 Å². The van der Waals surface area contributed by atoms with E-state index < -0.39 is 16.1 Å². The van der Waals surface area contributed by atoms with E-state index in [2.05, 4.69) is 20.7 Å². The molecule has 0 N–H and O–H groups in total. The molecule has 19 heavy (non-hydrogen) atoms. The maximum Gasteiger partial charge on any atom is 0.409 e. The van der Waals surface area contributed by atoms with Gasteiger partial charge in [0.1, 0.15) is 4.21 Å². The normalized spacial score (nSPS) is 17.5. The topological polar surface area (TPSA) is 66.9 Å². The zero-order valence-electron chi connectivity index (χ0n) is 10.2. The van der Waals surface area contributed by atoms with Gasteiger partial charge in [0.2, 0.25) is 0 Å². The number of carbonyl (C=O) groups is 1. The number of thiophene rings is 1. The molecule has 1 aromatic rings. The van der Waals surface area contributed by atoms with Crippen molar-refractivity contribution in [2.45, 2.75) is 4.21 Å². The summed E-state index contributed by atoms with van der Waals surface area (Å²) < 4.78 is 31.7. The average molecular weight is 369 g/mol. The first-order valence-corrected chi connectivity index (χ1v) is 8.63. The van der Waals surface area contributed by atoms with Crippen LogP contribution < -0.4 is 0 Å². The highest BCUT2D eigenvalue weighted by molar-refractivity contribution is 9.10. The van der Waals surface area contributed by atoms with E-state index in [0.29, 0.717) is 17.3 Å². The first kappa shape index (κ1) is 14.8. The van der Waals surface area contributed by atoms with Gasteiger partial charge in [-0.15, -0.1) is 11.3 Å². The van der Waals surface area contributed by atoms with Gasteiger partial charge >= 0.3 is 6.09 Å².